The minimum Gasteiger partial charge on any atom is -0.310 e. The molecule has 1 aromatic rings. The van der Waals surface area contributed by atoms with Crippen LogP contribution < -0.4 is 5.32 Å². The molecule has 19 heavy (non-hydrogen) atoms. The molecule has 0 amide bonds. The van der Waals surface area contributed by atoms with Gasteiger partial charge in [-0.1, -0.05) is 26.0 Å². The summed E-state index contributed by atoms with van der Waals surface area (Å²) in [5, 5.41) is 3.24. The second kappa shape index (κ2) is 7.26. The quantitative estimate of drug-likeness (QED) is 0.786. The Labute approximate surface area is 118 Å². The molecule has 0 atom stereocenters. The maximum atomic E-state index is 13.8. The molecule has 0 spiro atoms. The van der Waals surface area contributed by atoms with Crippen LogP contribution in [-0.4, -0.2) is 32.2 Å². The molecule has 0 aliphatic rings. The molecule has 6 heteroatoms. The van der Waals surface area contributed by atoms with Crippen LogP contribution in [0.4, 0.5) is 4.39 Å². The Morgan fingerprint density at radius 2 is 2.05 bits per heavy atom. The summed E-state index contributed by atoms with van der Waals surface area (Å²) in [7, 11) is -3.00. The van der Waals surface area contributed by atoms with E-state index in [1.807, 2.05) is 19.9 Å². The first-order chi connectivity index (χ1) is 8.79. The van der Waals surface area contributed by atoms with Gasteiger partial charge in [-0.15, -0.1) is 11.8 Å². The van der Waals surface area contributed by atoms with Crippen LogP contribution in [0.2, 0.25) is 0 Å². The summed E-state index contributed by atoms with van der Waals surface area (Å²) in [6.45, 7) is 4.63. The van der Waals surface area contributed by atoms with Gasteiger partial charge in [-0.05, 0) is 11.6 Å². The second-order valence-electron chi connectivity index (χ2n) is 4.74. The van der Waals surface area contributed by atoms with E-state index in [1.165, 1.54) is 24.1 Å². The molecular formula is C13H20FNO2S2. The van der Waals surface area contributed by atoms with Crippen molar-refractivity contribution in [2.24, 2.45) is 0 Å². The highest BCUT2D eigenvalue weighted by molar-refractivity contribution is 8.00. The SMILES string of the molecule is CC(C)NCc1cccc(F)c1SCCS(C)(=O)=O. The van der Waals surface area contributed by atoms with E-state index in [4.69, 9.17) is 0 Å². The molecule has 3 nitrogen and oxygen atoms in total. The lowest BCUT2D eigenvalue weighted by Crippen LogP contribution is -2.22. The summed E-state index contributed by atoms with van der Waals surface area (Å²) >= 11 is 1.26. The number of hydrogen-bond acceptors (Lipinski definition) is 4. The summed E-state index contributed by atoms with van der Waals surface area (Å²) in [6.07, 6.45) is 1.19. The van der Waals surface area contributed by atoms with E-state index in [9.17, 15) is 12.8 Å². The highest BCUT2D eigenvalue weighted by Crippen LogP contribution is 2.26. The van der Waals surface area contributed by atoms with Crippen LogP contribution in [-0.2, 0) is 16.4 Å². The molecule has 0 aliphatic carbocycles. The topological polar surface area (TPSA) is 46.2 Å². The molecule has 0 bridgehead atoms. The fourth-order valence-corrected chi connectivity index (χ4v) is 3.74. The molecule has 108 valence electrons. The Morgan fingerprint density at radius 1 is 1.37 bits per heavy atom. The van der Waals surface area contributed by atoms with Gasteiger partial charge in [0.05, 0.1) is 5.75 Å². The van der Waals surface area contributed by atoms with Gasteiger partial charge in [0.15, 0.2) is 0 Å². The van der Waals surface area contributed by atoms with Gasteiger partial charge in [-0.2, -0.15) is 0 Å². The van der Waals surface area contributed by atoms with Crippen molar-refractivity contribution in [3.05, 3.63) is 29.6 Å². The third-order valence-electron chi connectivity index (χ3n) is 2.45. The standard InChI is InChI=1S/C13H20FNO2S2/c1-10(2)15-9-11-5-4-6-12(14)13(11)18-7-8-19(3,16)17/h4-6,10,15H,7-9H2,1-3H3. The highest BCUT2D eigenvalue weighted by atomic mass is 32.2. The van der Waals surface area contributed by atoms with Crippen LogP contribution in [0.5, 0.6) is 0 Å². The average Bonchev–Trinajstić information content (AvgIpc) is 2.27. The van der Waals surface area contributed by atoms with Crippen LogP contribution in [0.1, 0.15) is 19.4 Å². The van der Waals surface area contributed by atoms with E-state index in [0.29, 0.717) is 23.2 Å². The first-order valence-electron chi connectivity index (χ1n) is 6.11. The Bertz CT molecular complexity index is 515. The number of halogens is 1. The largest absolute Gasteiger partial charge is 0.310 e. The first kappa shape index (κ1) is 16.5. The van der Waals surface area contributed by atoms with Crippen molar-refractivity contribution in [2.45, 2.75) is 31.3 Å². The van der Waals surface area contributed by atoms with Gasteiger partial charge in [0.25, 0.3) is 0 Å². The smallest absolute Gasteiger partial charge is 0.148 e. The summed E-state index contributed by atoms with van der Waals surface area (Å²) in [5.41, 5.74) is 0.868. The third kappa shape index (κ3) is 6.40. The third-order valence-corrected chi connectivity index (χ3v) is 4.81. The van der Waals surface area contributed by atoms with E-state index in [-0.39, 0.29) is 11.6 Å². The molecule has 0 saturated heterocycles. The monoisotopic (exact) mass is 305 g/mol. The van der Waals surface area contributed by atoms with E-state index >= 15 is 0 Å². The van der Waals surface area contributed by atoms with E-state index in [1.54, 1.807) is 6.07 Å². The Kier molecular flexibility index (Phi) is 6.29. The molecule has 0 aromatic heterocycles. The van der Waals surface area contributed by atoms with Crippen LogP contribution in [0.25, 0.3) is 0 Å². The summed E-state index contributed by atoms with van der Waals surface area (Å²) in [5.74, 6) is 0.138. The number of rotatable bonds is 7. The molecule has 0 radical (unpaired) electrons. The van der Waals surface area contributed by atoms with Gasteiger partial charge in [0.1, 0.15) is 15.7 Å². The number of sulfone groups is 1. The molecule has 1 N–H and O–H groups in total. The maximum Gasteiger partial charge on any atom is 0.148 e. The minimum atomic E-state index is -3.00. The molecule has 0 aliphatic heterocycles. The summed E-state index contributed by atoms with van der Waals surface area (Å²) in [6, 6.07) is 5.26. The lowest BCUT2D eigenvalue weighted by Gasteiger charge is -2.13. The molecule has 1 rings (SSSR count). The van der Waals surface area contributed by atoms with Crippen molar-refractivity contribution in [3.8, 4) is 0 Å². The van der Waals surface area contributed by atoms with Crippen molar-refractivity contribution in [2.75, 3.05) is 17.8 Å². The van der Waals surface area contributed by atoms with Crippen LogP contribution in [0.15, 0.2) is 23.1 Å². The highest BCUT2D eigenvalue weighted by Gasteiger charge is 2.11. The van der Waals surface area contributed by atoms with Crippen molar-refractivity contribution < 1.29 is 12.8 Å². The Morgan fingerprint density at radius 3 is 2.63 bits per heavy atom. The zero-order chi connectivity index (χ0) is 14.5. The minimum absolute atomic E-state index is 0.0586. The average molecular weight is 305 g/mol. The fourth-order valence-electron chi connectivity index (χ4n) is 1.46. The van der Waals surface area contributed by atoms with Gasteiger partial charge in [0.2, 0.25) is 0 Å². The molecule has 0 unspecified atom stereocenters. The molecule has 0 fully saturated rings. The Balaban J connectivity index is 2.74. The zero-order valence-corrected chi connectivity index (χ0v) is 13.1. The second-order valence-corrected chi connectivity index (χ2v) is 8.11. The van der Waals surface area contributed by atoms with Crippen molar-refractivity contribution in [1.29, 1.82) is 0 Å². The van der Waals surface area contributed by atoms with Crippen molar-refractivity contribution >= 4 is 21.6 Å². The molecular weight excluding hydrogens is 285 g/mol. The Hall–Kier alpha value is -0.590. The molecule has 0 saturated carbocycles. The van der Waals surface area contributed by atoms with Crippen LogP contribution in [0, 0.1) is 5.82 Å². The van der Waals surface area contributed by atoms with Crippen LogP contribution >= 0.6 is 11.8 Å². The number of hydrogen-bond donors (Lipinski definition) is 1. The summed E-state index contributed by atoms with van der Waals surface area (Å²) < 4.78 is 36.0. The van der Waals surface area contributed by atoms with E-state index in [2.05, 4.69) is 5.32 Å². The van der Waals surface area contributed by atoms with Gasteiger partial charge < -0.3 is 5.32 Å². The number of nitrogens with one attached hydrogen (secondary N) is 1. The molecule has 0 heterocycles. The van der Waals surface area contributed by atoms with Crippen LogP contribution in [0.3, 0.4) is 0 Å². The van der Waals surface area contributed by atoms with Gasteiger partial charge in [0, 0.05) is 29.5 Å². The fraction of sp³-hybridized carbons (Fsp3) is 0.538. The number of benzene rings is 1. The van der Waals surface area contributed by atoms with E-state index in [0.717, 1.165) is 5.56 Å². The zero-order valence-electron chi connectivity index (χ0n) is 11.4. The first-order valence-corrected chi connectivity index (χ1v) is 9.15. The number of thioether (sulfide) groups is 1. The van der Waals surface area contributed by atoms with Gasteiger partial charge in [-0.25, -0.2) is 12.8 Å². The van der Waals surface area contributed by atoms with Gasteiger partial charge in [-0.3, -0.25) is 0 Å². The predicted octanol–water partition coefficient (Wildman–Crippen LogP) is 2.46. The van der Waals surface area contributed by atoms with Gasteiger partial charge >= 0.3 is 0 Å². The lowest BCUT2D eigenvalue weighted by atomic mass is 10.2. The lowest BCUT2D eigenvalue weighted by molar-refractivity contribution is 0.564. The van der Waals surface area contributed by atoms with E-state index < -0.39 is 9.84 Å². The maximum absolute atomic E-state index is 13.8. The summed E-state index contributed by atoms with van der Waals surface area (Å²) in [4.78, 5) is 0.541. The predicted molar refractivity (Wildman–Crippen MR) is 78.8 cm³/mol. The normalized spacial score (nSPS) is 12.1. The van der Waals surface area contributed by atoms with Crippen molar-refractivity contribution in [3.63, 3.8) is 0 Å². The molecule has 1 aromatic carbocycles. The van der Waals surface area contributed by atoms with Crippen molar-refractivity contribution in [1.82, 2.24) is 5.32 Å².